The average Bonchev–Trinajstić information content (AvgIpc) is 2.92. The molecule has 4 rings (SSSR count). The highest BCUT2D eigenvalue weighted by Gasteiger charge is 2.13. The average molecular weight is 503 g/mol. The third-order valence-corrected chi connectivity index (χ3v) is 5.21. The van der Waals surface area contributed by atoms with Crippen molar-refractivity contribution in [2.75, 3.05) is 24.5 Å². The van der Waals surface area contributed by atoms with Crippen LogP contribution in [0, 0.1) is 10.1 Å². The summed E-state index contributed by atoms with van der Waals surface area (Å²) in [5.74, 6) is 2.15. The van der Waals surface area contributed by atoms with Gasteiger partial charge in [0.05, 0.1) is 30.3 Å². The number of amides is 3. The third-order valence-electron chi connectivity index (χ3n) is 5.21. The van der Waals surface area contributed by atoms with E-state index < -0.39 is 11.0 Å². The van der Waals surface area contributed by atoms with Crippen molar-refractivity contribution in [1.29, 1.82) is 0 Å². The molecule has 12 nitrogen and oxygen atoms in total. The van der Waals surface area contributed by atoms with Crippen LogP contribution >= 0.6 is 0 Å². The number of aromatic nitrogens is 1. The number of carbonyl (C=O) groups excluding carboxylic acids is 2. The number of anilines is 2. The van der Waals surface area contributed by atoms with Crippen LogP contribution in [0.1, 0.15) is 0 Å². The predicted molar refractivity (Wildman–Crippen MR) is 135 cm³/mol. The lowest BCUT2D eigenvalue weighted by Crippen LogP contribution is -2.43. The molecule has 0 saturated heterocycles. The van der Waals surface area contributed by atoms with Crippen molar-refractivity contribution in [3.63, 3.8) is 0 Å². The molecule has 0 aliphatic carbocycles. The molecule has 0 bridgehead atoms. The minimum absolute atomic E-state index is 0.139. The number of pyridine rings is 1. The number of nitro groups is 1. The first-order valence-electron chi connectivity index (χ1n) is 10.8. The second-order valence-electron chi connectivity index (χ2n) is 7.47. The zero-order valence-corrected chi connectivity index (χ0v) is 19.7. The standard InChI is InChI=1S/C25H21N5O7/c1-35-23-13-20-21(14-24(23)36-2)26-12-11-22(20)37-19-9-3-16(4-10-19)27-25(32)28-29(15-31)17-5-7-18(8-6-17)30(33)34/h3-15H,1-2H3,(H2,27,28,32). The van der Waals surface area contributed by atoms with Crippen LogP contribution < -0.4 is 30.0 Å². The largest absolute Gasteiger partial charge is 0.493 e. The van der Waals surface area contributed by atoms with Crippen molar-refractivity contribution in [2.45, 2.75) is 0 Å². The molecular formula is C25H21N5O7. The van der Waals surface area contributed by atoms with Crippen LogP contribution in [0.3, 0.4) is 0 Å². The molecule has 2 N–H and O–H groups in total. The number of carbonyl (C=O) groups is 2. The minimum Gasteiger partial charge on any atom is -0.493 e. The van der Waals surface area contributed by atoms with E-state index in [1.54, 1.807) is 62.9 Å². The normalized spacial score (nSPS) is 10.3. The SMILES string of the molecule is COc1cc2nccc(Oc3ccc(NC(=O)NN(C=O)c4ccc([N+](=O)[O-])cc4)cc3)c2cc1OC. The maximum absolute atomic E-state index is 12.4. The predicted octanol–water partition coefficient (Wildman–Crippen LogP) is 4.65. The summed E-state index contributed by atoms with van der Waals surface area (Å²) >= 11 is 0. The summed E-state index contributed by atoms with van der Waals surface area (Å²) in [6.07, 6.45) is 1.99. The fourth-order valence-electron chi connectivity index (χ4n) is 3.42. The summed E-state index contributed by atoms with van der Waals surface area (Å²) in [7, 11) is 3.09. The van der Waals surface area contributed by atoms with Gasteiger partial charge in [0.2, 0.25) is 6.41 Å². The van der Waals surface area contributed by atoms with Gasteiger partial charge in [0.1, 0.15) is 11.5 Å². The number of fused-ring (bicyclic) bond motifs is 1. The van der Waals surface area contributed by atoms with Gasteiger partial charge >= 0.3 is 6.03 Å². The highest BCUT2D eigenvalue weighted by Crippen LogP contribution is 2.37. The van der Waals surface area contributed by atoms with E-state index in [1.807, 2.05) is 0 Å². The van der Waals surface area contributed by atoms with Gasteiger partial charge < -0.3 is 19.5 Å². The molecule has 4 aromatic rings. The van der Waals surface area contributed by atoms with Gasteiger partial charge in [-0.3, -0.25) is 19.9 Å². The Hall–Kier alpha value is -5.39. The number of nitrogens with one attached hydrogen (secondary N) is 2. The molecule has 12 heteroatoms. The van der Waals surface area contributed by atoms with Crippen LogP contribution in [0.4, 0.5) is 21.9 Å². The van der Waals surface area contributed by atoms with Crippen LogP contribution in [-0.2, 0) is 4.79 Å². The highest BCUT2D eigenvalue weighted by atomic mass is 16.6. The monoisotopic (exact) mass is 503 g/mol. The number of rotatable bonds is 9. The first-order chi connectivity index (χ1) is 17.9. The van der Waals surface area contributed by atoms with Crippen molar-refractivity contribution in [3.05, 3.63) is 83.0 Å². The summed E-state index contributed by atoms with van der Waals surface area (Å²) in [5, 5.41) is 15.0. The molecule has 0 atom stereocenters. The number of nitrogens with zero attached hydrogens (tertiary/aromatic N) is 3. The summed E-state index contributed by atoms with van der Waals surface area (Å²) in [6.45, 7) is 0. The Bertz CT molecular complexity index is 1440. The molecule has 0 saturated carbocycles. The maximum atomic E-state index is 12.4. The smallest absolute Gasteiger partial charge is 0.338 e. The Labute approximate surface area is 210 Å². The van der Waals surface area contributed by atoms with Gasteiger partial charge in [0.25, 0.3) is 5.69 Å². The molecule has 188 valence electrons. The van der Waals surface area contributed by atoms with Gasteiger partial charge in [0, 0.05) is 35.5 Å². The quantitative estimate of drug-likeness (QED) is 0.191. The van der Waals surface area contributed by atoms with Crippen molar-refractivity contribution in [3.8, 4) is 23.0 Å². The minimum atomic E-state index is -0.694. The molecule has 1 heterocycles. The lowest BCUT2D eigenvalue weighted by Gasteiger charge is -2.18. The van der Waals surface area contributed by atoms with E-state index in [1.165, 1.54) is 24.3 Å². The van der Waals surface area contributed by atoms with Gasteiger partial charge in [-0.1, -0.05) is 0 Å². The number of ether oxygens (including phenoxy) is 3. The molecule has 0 fully saturated rings. The number of non-ortho nitro benzene ring substituents is 1. The Kier molecular flexibility index (Phi) is 7.29. The molecule has 0 radical (unpaired) electrons. The molecular weight excluding hydrogens is 482 g/mol. The molecule has 3 amide bonds. The zero-order chi connectivity index (χ0) is 26.4. The number of hydrazine groups is 1. The summed E-state index contributed by atoms with van der Waals surface area (Å²) < 4.78 is 16.7. The molecule has 0 aliphatic heterocycles. The highest BCUT2D eigenvalue weighted by molar-refractivity contribution is 5.93. The van der Waals surface area contributed by atoms with Crippen LogP contribution in [0.2, 0.25) is 0 Å². The van der Waals surface area contributed by atoms with Crippen molar-refractivity contribution in [2.24, 2.45) is 0 Å². The van der Waals surface area contributed by atoms with Gasteiger partial charge in [-0.15, -0.1) is 0 Å². The molecule has 1 aromatic heterocycles. The second-order valence-corrected chi connectivity index (χ2v) is 7.47. The lowest BCUT2D eigenvalue weighted by molar-refractivity contribution is -0.384. The lowest BCUT2D eigenvalue weighted by atomic mass is 10.2. The summed E-state index contributed by atoms with van der Waals surface area (Å²) in [5.41, 5.74) is 3.57. The summed E-state index contributed by atoms with van der Waals surface area (Å²) in [4.78, 5) is 38.4. The van der Waals surface area contributed by atoms with Crippen LogP contribution in [-0.4, -0.2) is 36.6 Å². The van der Waals surface area contributed by atoms with E-state index in [4.69, 9.17) is 14.2 Å². The Balaban J connectivity index is 1.43. The van der Waals surface area contributed by atoms with E-state index in [-0.39, 0.29) is 11.4 Å². The van der Waals surface area contributed by atoms with Gasteiger partial charge in [-0.05, 0) is 48.5 Å². The molecule has 0 aliphatic rings. The van der Waals surface area contributed by atoms with E-state index >= 15 is 0 Å². The van der Waals surface area contributed by atoms with E-state index in [0.29, 0.717) is 40.6 Å². The van der Waals surface area contributed by atoms with E-state index in [0.717, 1.165) is 10.4 Å². The first kappa shape index (κ1) is 24.7. The van der Waals surface area contributed by atoms with Crippen LogP contribution in [0.15, 0.2) is 72.9 Å². The van der Waals surface area contributed by atoms with Gasteiger partial charge in [0.15, 0.2) is 11.5 Å². The Morgan fingerprint density at radius 2 is 1.65 bits per heavy atom. The molecule has 37 heavy (non-hydrogen) atoms. The fourth-order valence-corrected chi connectivity index (χ4v) is 3.42. The van der Waals surface area contributed by atoms with Crippen LogP contribution in [0.5, 0.6) is 23.0 Å². The number of hydrogen-bond acceptors (Lipinski definition) is 8. The third kappa shape index (κ3) is 5.65. The fraction of sp³-hybridized carbons (Fsp3) is 0.0800. The van der Waals surface area contributed by atoms with Crippen molar-refractivity contribution >= 4 is 40.4 Å². The summed E-state index contributed by atoms with van der Waals surface area (Å²) in [6, 6.07) is 16.3. The number of urea groups is 1. The maximum Gasteiger partial charge on any atom is 0.338 e. The molecule has 3 aromatic carbocycles. The van der Waals surface area contributed by atoms with E-state index in [9.17, 15) is 19.7 Å². The zero-order valence-electron chi connectivity index (χ0n) is 19.7. The van der Waals surface area contributed by atoms with Gasteiger partial charge in [-0.25, -0.2) is 15.2 Å². The number of nitro benzene ring substituents is 1. The molecule has 0 unspecified atom stereocenters. The van der Waals surface area contributed by atoms with Gasteiger partial charge in [-0.2, -0.15) is 0 Å². The molecule has 0 spiro atoms. The number of hydrogen-bond donors (Lipinski definition) is 2. The second kappa shape index (κ2) is 10.9. The van der Waals surface area contributed by atoms with Crippen LogP contribution in [0.25, 0.3) is 10.9 Å². The number of benzene rings is 3. The Morgan fingerprint density at radius 1 is 0.973 bits per heavy atom. The Morgan fingerprint density at radius 3 is 2.27 bits per heavy atom. The topological polar surface area (TPSA) is 145 Å². The van der Waals surface area contributed by atoms with Crippen molar-refractivity contribution < 1.29 is 28.7 Å². The number of methoxy groups -OCH3 is 2. The first-order valence-corrected chi connectivity index (χ1v) is 10.8. The van der Waals surface area contributed by atoms with Crippen molar-refractivity contribution in [1.82, 2.24) is 10.4 Å². The van der Waals surface area contributed by atoms with E-state index in [2.05, 4.69) is 15.7 Å².